The zero-order valence-electron chi connectivity index (χ0n) is 9.61. The molecule has 0 saturated heterocycles. The summed E-state index contributed by atoms with van der Waals surface area (Å²) < 4.78 is 5.22. The van der Waals surface area contributed by atoms with Gasteiger partial charge in [-0.05, 0) is 24.3 Å². The zero-order chi connectivity index (χ0) is 13.1. The highest BCUT2D eigenvalue weighted by Crippen LogP contribution is 2.31. The Balaban J connectivity index is 2.38. The summed E-state index contributed by atoms with van der Waals surface area (Å²) in [4.78, 5) is 10.6. The third-order valence-corrected chi connectivity index (χ3v) is 2.65. The number of aliphatic carboxylic acids is 1. The molecule has 0 saturated carbocycles. The van der Waals surface area contributed by atoms with Crippen molar-refractivity contribution >= 4 is 17.6 Å². The van der Waals surface area contributed by atoms with E-state index in [0.29, 0.717) is 22.2 Å². The molecule has 0 amide bonds. The molecule has 18 heavy (non-hydrogen) atoms. The van der Waals surface area contributed by atoms with E-state index in [0.717, 1.165) is 5.56 Å². The molecule has 1 heterocycles. The fourth-order valence-corrected chi connectivity index (χ4v) is 1.81. The summed E-state index contributed by atoms with van der Waals surface area (Å²) in [6.07, 6.45) is -0.101. The van der Waals surface area contributed by atoms with Gasteiger partial charge in [0.1, 0.15) is 5.75 Å². The van der Waals surface area contributed by atoms with E-state index in [9.17, 15) is 4.79 Å². The van der Waals surface area contributed by atoms with Gasteiger partial charge in [0.2, 0.25) is 0 Å². The molecule has 0 unspecified atom stereocenters. The van der Waals surface area contributed by atoms with Crippen molar-refractivity contribution in [2.24, 2.45) is 0 Å². The van der Waals surface area contributed by atoms with Crippen molar-refractivity contribution in [3.05, 3.63) is 35.0 Å². The molecule has 2 rings (SSSR count). The molecular formula is C12H11ClN2O3. The van der Waals surface area contributed by atoms with Crippen LogP contribution in [0.5, 0.6) is 5.75 Å². The second kappa shape index (κ2) is 5.10. The number of H-pyrrole nitrogens is 1. The summed E-state index contributed by atoms with van der Waals surface area (Å²) in [6.45, 7) is 0. The highest BCUT2D eigenvalue weighted by Gasteiger charge is 2.11. The van der Waals surface area contributed by atoms with Crippen LogP contribution in [0.3, 0.4) is 0 Å². The van der Waals surface area contributed by atoms with Gasteiger partial charge in [-0.1, -0.05) is 11.6 Å². The Kier molecular flexibility index (Phi) is 3.53. The number of nitrogens with one attached hydrogen (secondary N) is 1. The van der Waals surface area contributed by atoms with Crippen molar-refractivity contribution in [2.45, 2.75) is 6.42 Å². The molecule has 0 fully saturated rings. The van der Waals surface area contributed by atoms with Crippen molar-refractivity contribution in [3.63, 3.8) is 0 Å². The highest BCUT2D eigenvalue weighted by atomic mass is 35.5. The number of rotatable bonds is 4. The van der Waals surface area contributed by atoms with Crippen LogP contribution in [0.25, 0.3) is 11.3 Å². The van der Waals surface area contributed by atoms with E-state index in [4.69, 9.17) is 21.4 Å². The van der Waals surface area contributed by atoms with E-state index in [1.807, 2.05) is 0 Å². The number of carbonyl (C=O) groups is 1. The third kappa shape index (κ3) is 2.62. The van der Waals surface area contributed by atoms with E-state index < -0.39 is 5.97 Å². The SMILES string of the molecule is COc1ccc(Cl)cc1-c1cc(CC(=O)O)[nH]n1. The minimum atomic E-state index is -0.914. The summed E-state index contributed by atoms with van der Waals surface area (Å²) in [5, 5.41) is 16.0. The van der Waals surface area contributed by atoms with Crippen LogP contribution in [0.15, 0.2) is 24.3 Å². The van der Waals surface area contributed by atoms with Crippen LogP contribution in [0.1, 0.15) is 5.69 Å². The molecule has 0 spiro atoms. The van der Waals surface area contributed by atoms with Gasteiger partial charge in [0.05, 0.1) is 19.2 Å². The second-order valence-corrected chi connectivity index (χ2v) is 4.13. The fourth-order valence-electron chi connectivity index (χ4n) is 1.63. The van der Waals surface area contributed by atoms with Crippen LogP contribution < -0.4 is 4.74 Å². The number of carboxylic acids is 1. The fraction of sp³-hybridized carbons (Fsp3) is 0.167. The quantitative estimate of drug-likeness (QED) is 0.891. The van der Waals surface area contributed by atoms with Crippen LogP contribution in [0, 0.1) is 0 Å². The minimum absolute atomic E-state index is 0.101. The summed E-state index contributed by atoms with van der Waals surface area (Å²) in [5.41, 5.74) is 1.85. The van der Waals surface area contributed by atoms with Crippen molar-refractivity contribution in [3.8, 4) is 17.0 Å². The summed E-state index contributed by atoms with van der Waals surface area (Å²) >= 11 is 5.93. The number of nitrogens with zero attached hydrogens (tertiary/aromatic N) is 1. The van der Waals surface area contributed by atoms with Gasteiger partial charge in [0.15, 0.2) is 0 Å². The molecule has 2 aromatic rings. The number of benzene rings is 1. The molecule has 0 atom stereocenters. The smallest absolute Gasteiger partial charge is 0.309 e. The number of halogens is 1. The van der Waals surface area contributed by atoms with E-state index in [2.05, 4.69) is 10.2 Å². The van der Waals surface area contributed by atoms with Gasteiger partial charge in [-0.15, -0.1) is 0 Å². The molecule has 6 heteroatoms. The number of aromatic nitrogens is 2. The Morgan fingerprint density at radius 2 is 2.28 bits per heavy atom. The van der Waals surface area contributed by atoms with Crippen LogP contribution >= 0.6 is 11.6 Å². The molecule has 1 aromatic carbocycles. The largest absolute Gasteiger partial charge is 0.496 e. The Morgan fingerprint density at radius 3 is 2.94 bits per heavy atom. The summed E-state index contributed by atoms with van der Waals surface area (Å²) in [6, 6.07) is 6.85. The number of methoxy groups -OCH3 is 1. The van der Waals surface area contributed by atoms with Crippen molar-refractivity contribution in [1.82, 2.24) is 10.2 Å². The molecule has 94 valence electrons. The van der Waals surface area contributed by atoms with Crippen molar-refractivity contribution in [1.29, 1.82) is 0 Å². The molecule has 0 aliphatic heterocycles. The number of aromatic amines is 1. The van der Waals surface area contributed by atoms with Crippen molar-refractivity contribution < 1.29 is 14.6 Å². The van der Waals surface area contributed by atoms with E-state index >= 15 is 0 Å². The number of hydrogen-bond donors (Lipinski definition) is 2. The van der Waals surface area contributed by atoms with E-state index in [1.165, 1.54) is 0 Å². The topological polar surface area (TPSA) is 75.2 Å². The molecule has 0 radical (unpaired) electrons. The monoisotopic (exact) mass is 266 g/mol. The maximum absolute atomic E-state index is 10.6. The van der Waals surface area contributed by atoms with Gasteiger partial charge in [-0.2, -0.15) is 5.10 Å². The van der Waals surface area contributed by atoms with Crippen LogP contribution in [0.2, 0.25) is 5.02 Å². The van der Waals surface area contributed by atoms with Gasteiger partial charge in [0.25, 0.3) is 0 Å². The normalized spacial score (nSPS) is 10.3. The second-order valence-electron chi connectivity index (χ2n) is 3.69. The van der Waals surface area contributed by atoms with Gasteiger partial charge < -0.3 is 9.84 Å². The highest BCUT2D eigenvalue weighted by molar-refractivity contribution is 6.30. The van der Waals surface area contributed by atoms with Crippen LogP contribution in [-0.4, -0.2) is 28.4 Å². The molecule has 0 bridgehead atoms. The van der Waals surface area contributed by atoms with Crippen molar-refractivity contribution in [2.75, 3.05) is 7.11 Å². The first kappa shape index (κ1) is 12.4. The summed E-state index contributed by atoms with van der Waals surface area (Å²) in [5.74, 6) is -0.281. The average molecular weight is 267 g/mol. The Labute approximate surface area is 108 Å². The van der Waals surface area contributed by atoms with Crippen LogP contribution in [-0.2, 0) is 11.2 Å². The number of carboxylic acid groups (broad SMARTS) is 1. The molecule has 0 aliphatic carbocycles. The molecule has 2 N–H and O–H groups in total. The molecule has 1 aromatic heterocycles. The predicted molar refractivity (Wildman–Crippen MR) is 66.9 cm³/mol. The number of ether oxygens (including phenoxy) is 1. The van der Waals surface area contributed by atoms with Gasteiger partial charge in [-0.3, -0.25) is 9.89 Å². The lowest BCUT2D eigenvalue weighted by atomic mass is 10.1. The Morgan fingerprint density at radius 1 is 1.50 bits per heavy atom. The van der Waals surface area contributed by atoms with E-state index in [1.54, 1.807) is 31.4 Å². The third-order valence-electron chi connectivity index (χ3n) is 2.41. The Bertz CT molecular complexity index is 580. The maximum Gasteiger partial charge on any atom is 0.309 e. The lowest BCUT2D eigenvalue weighted by molar-refractivity contribution is -0.136. The lowest BCUT2D eigenvalue weighted by Gasteiger charge is -2.05. The van der Waals surface area contributed by atoms with Crippen LogP contribution in [0.4, 0.5) is 0 Å². The standard InChI is InChI=1S/C12H11ClN2O3/c1-18-11-3-2-7(13)4-9(11)10-5-8(14-15-10)6-12(16)17/h2-5H,6H2,1H3,(H,14,15)(H,16,17). The molecular weight excluding hydrogens is 256 g/mol. The average Bonchev–Trinajstić information content (AvgIpc) is 2.76. The number of hydrogen-bond acceptors (Lipinski definition) is 3. The first-order chi connectivity index (χ1) is 8.60. The first-order valence-corrected chi connectivity index (χ1v) is 5.58. The van der Waals surface area contributed by atoms with E-state index in [-0.39, 0.29) is 6.42 Å². The summed E-state index contributed by atoms with van der Waals surface area (Å²) in [7, 11) is 1.55. The first-order valence-electron chi connectivity index (χ1n) is 5.20. The van der Waals surface area contributed by atoms with Gasteiger partial charge >= 0.3 is 5.97 Å². The predicted octanol–water partition coefficient (Wildman–Crippen LogP) is 2.37. The van der Waals surface area contributed by atoms with Gasteiger partial charge in [0, 0.05) is 16.3 Å². The lowest BCUT2D eigenvalue weighted by Crippen LogP contribution is -1.99. The van der Waals surface area contributed by atoms with Gasteiger partial charge in [-0.25, -0.2) is 0 Å². The molecule has 0 aliphatic rings. The maximum atomic E-state index is 10.6. The minimum Gasteiger partial charge on any atom is -0.496 e. The zero-order valence-corrected chi connectivity index (χ0v) is 10.4. The molecule has 5 nitrogen and oxygen atoms in total. The Hall–Kier alpha value is -2.01.